The highest BCUT2D eigenvalue weighted by Gasteiger charge is 2.62. The number of hydrogen-bond donors (Lipinski definition) is 3. The SMILES string of the molecule is [NH3+][C@H]1CCCCC/C=C\[C@@H]2C[C@@]2(C(=O)NS(=O)(=O)C2CC2)NC(=O)[C@@H]2C[C@@H](OC(=O)N3Cc4cccc(F)c4C3)CN2C1=O. The number of halogens is 1. The molecule has 1 saturated heterocycles. The lowest BCUT2D eigenvalue weighted by atomic mass is 10.1. The maximum Gasteiger partial charge on any atom is 0.410 e. The highest BCUT2D eigenvalue weighted by molar-refractivity contribution is 7.91. The van der Waals surface area contributed by atoms with Crippen molar-refractivity contribution in [2.45, 2.75) is 99.9 Å². The normalized spacial score (nSPS) is 31.5. The Labute approximate surface area is 255 Å². The van der Waals surface area contributed by atoms with Gasteiger partial charge in [0.1, 0.15) is 23.5 Å². The van der Waals surface area contributed by atoms with Crippen LogP contribution in [0.25, 0.3) is 0 Å². The van der Waals surface area contributed by atoms with E-state index in [1.807, 2.05) is 12.2 Å². The average Bonchev–Trinajstić information content (AvgIpc) is 3.86. The van der Waals surface area contributed by atoms with Crippen molar-refractivity contribution in [1.29, 1.82) is 0 Å². The fourth-order valence-corrected chi connectivity index (χ4v) is 7.88. The highest BCUT2D eigenvalue weighted by atomic mass is 32.2. The van der Waals surface area contributed by atoms with Gasteiger partial charge in [0.05, 0.1) is 18.3 Å². The van der Waals surface area contributed by atoms with E-state index in [9.17, 15) is 32.0 Å². The van der Waals surface area contributed by atoms with E-state index in [4.69, 9.17) is 4.74 Å². The Balaban J connectivity index is 1.20. The third kappa shape index (κ3) is 6.06. The predicted molar refractivity (Wildman–Crippen MR) is 154 cm³/mol. The standard InChI is InChI=1S/C30H38FN5O7S/c31-23-9-6-7-18-15-35(17-22(18)23)29(40)43-20-13-25-26(37)33-30(28(39)34-44(41,42)21-11-12-21)14-19(30)8-4-2-1-3-5-10-24(32)27(38)36(25)16-20/h4,6-9,19-21,24-25H,1-3,5,10-17,32H2,(H,33,37)(H,34,39)/p+1/b8-4-/t19-,20-,24+,25+,30-/m1/s1. The van der Waals surface area contributed by atoms with Crippen LogP contribution in [0.2, 0.25) is 0 Å². The Morgan fingerprint density at radius 1 is 1.11 bits per heavy atom. The zero-order chi connectivity index (χ0) is 31.2. The van der Waals surface area contributed by atoms with Crippen LogP contribution in [0.3, 0.4) is 0 Å². The number of carbonyl (C=O) groups is 4. The van der Waals surface area contributed by atoms with Gasteiger partial charge in [0.25, 0.3) is 11.8 Å². The first-order chi connectivity index (χ1) is 21.0. The third-order valence-corrected chi connectivity index (χ3v) is 11.2. The van der Waals surface area contributed by atoms with E-state index in [2.05, 4.69) is 15.8 Å². The first-order valence-corrected chi connectivity index (χ1v) is 16.9. The molecule has 3 fully saturated rings. The van der Waals surface area contributed by atoms with E-state index in [0.29, 0.717) is 30.4 Å². The van der Waals surface area contributed by atoms with Crippen LogP contribution < -0.4 is 15.8 Å². The summed E-state index contributed by atoms with van der Waals surface area (Å²) in [5.74, 6) is -2.56. The van der Waals surface area contributed by atoms with Gasteiger partial charge in [0.2, 0.25) is 15.9 Å². The molecule has 5 aliphatic rings. The van der Waals surface area contributed by atoms with Gasteiger partial charge >= 0.3 is 6.09 Å². The molecule has 2 aliphatic carbocycles. The number of nitrogens with one attached hydrogen (secondary N) is 2. The summed E-state index contributed by atoms with van der Waals surface area (Å²) in [6, 6.07) is 2.99. The van der Waals surface area contributed by atoms with E-state index < -0.39 is 68.6 Å². The molecule has 3 aliphatic heterocycles. The van der Waals surface area contributed by atoms with Gasteiger partial charge in [-0.1, -0.05) is 30.7 Å². The van der Waals surface area contributed by atoms with Gasteiger partial charge in [-0.25, -0.2) is 17.6 Å². The average molecular weight is 633 g/mol. The quantitative estimate of drug-likeness (QED) is 0.414. The third-order valence-electron chi connectivity index (χ3n) is 9.41. The Morgan fingerprint density at radius 2 is 1.91 bits per heavy atom. The molecule has 0 unspecified atom stereocenters. The van der Waals surface area contributed by atoms with Gasteiger partial charge in [0.15, 0.2) is 6.04 Å². The molecular formula is C30H39FN5O7S+. The molecule has 0 bridgehead atoms. The lowest BCUT2D eigenvalue weighted by Crippen LogP contribution is -2.69. The molecule has 3 heterocycles. The molecule has 6 rings (SSSR count). The summed E-state index contributed by atoms with van der Waals surface area (Å²) in [5.41, 5.74) is 3.70. The van der Waals surface area contributed by atoms with Crippen molar-refractivity contribution in [3.63, 3.8) is 0 Å². The molecule has 44 heavy (non-hydrogen) atoms. The van der Waals surface area contributed by atoms with Gasteiger partial charge in [-0.15, -0.1) is 0 Å². The fraction of sp³-hybridized carbons (Fsp3) is 0.600. The van der Waals surface area contributed by atoms with Crippen LogP contribution in [0.15, 0.2) is 30.4 Å². The monoisotopic (exact) mass is 632 g/mol. The van der Waals surface area contributed by atoms with Crippen molar-refractivity contribution in [3.05, 3.63) is 47.3 Å². The lowest BCUT2D eigenvalue weighted by Gasteiger charge is -2.27. The Kier molecular flexibility index (Phi) is 8.16. The molecule has 5 atom stereocenters. The van der Waals surface area contributed by atoms with Gasteiger partial charge in [0, 0.05) is 30.9 Å². The number of allylic oxidation sites excluding steroid dienone is 1. The van der Waals surface area contributed by atoms with E-state index in [-0.39, 0.29) is 38.4 Å². The summed E-state index contributed by atoms with van der Waals surface area (Å²) >= 11 is 0. The molecular weight excluding hydrogens is 593 g/mol. The first kappa shape index (κ1) is 30.5. The second kappa shape index (κ2) is 11.8. The van der Waals surface area contributed by atoms with Crippen molar-refractivity contribution in [2.24, 2.45) is 5.92 Å². The second-order valence-electron chi connectivity index (χ2n) is 12.7. The van der Waals surface area contributed by atoms with Gasteiger partial charge in [-0.2, -0.15) is 0 Å². The lowest BCUT2D eigenvalue weighted by molar-refractivity contribution is -0.407. The van der Waals surface area contributed by atoms with Crippen LogP contribution in [-0.4, -0.2) is 77.6 Å². The van der Waals surface area contributed by atoms with Crippen molar-refractivity contribution >= 4 is 33.8 Å². The highest BCUT2D eigenvalue weighted by Crippen LogP contribution is 2.46. The van der Waals surface area contributed by atoms with Crippen LogP contribution in [-0.2, 0) is 42.2 Å². The van der Waals surface area contributed by atoms with E-state index in [1.54, 1.807) is 12.1 Å². The number of benzene rings is 1. The fourth-order valence-electron chi connectivity index (χ4n) is 6.52. The van der Waals surface area contributed by atoms with E-state index in [1.165, 1.54) is 15.9 Å². The zero-order valence-electron chi connectivity index (χ0n) is 24.5. The minimum Gasteiger partial charge on any atom is -0.444 e. The van der Waals surface area contributed by atoms with Gasteiger partial charge in [-0.3, -0.25) is 24.0 Å². The smallest absolute Gasteiger partial charge is 0.410 e. The number of quaternary nitrogens is 1. The molecule has 1 aromatic carbocycles. The molecule has 0 radical (unpaired) electrons. The molecule has 238 valence electrons. The molecule has 4 amide bonds. The molecule has 12 nitrogen and oxygen atoms in total. The van der Waals surface area contributed by atoms with Crippen molar-refractivity contribution in [3.8, 4) is 0 Å². The molecule has 14 heteroatoms. The van der Waals surface area contributed by atoms with Crippen LogP contribution >= 0.6 is 0 Å². The molecule has 5 N–H and O–H groups in total. The number of fused-ring (bicyclic) bond motifs is 3. The number of amides is 4. The number of ether oxygens (including phenoxy) is 1. The van der Waals surface area contributed by atoms with Crippen LogP contribution in [0.5, 0.6) is 0 Å². The first-order valence-electron chi connectivity index (χ1n) is 15.4. The number of rotatable bonds is 4. The van der Waals surface area contributed by atoms with Gasteiger partial charge in [-0.05, 0) is 50.2 Å². The topological polar surface area (TPSA) is 170 Å². The number of hydrogen-bond acceptors (Lipinski definition) is 7. The summed E-state index contributed by atoms with van der Waals surface area (Å²) in [7, 11) is -3.85. The van der Waals surface area contributed by atoms with E-state index >= 15 is 0 Å². The Hall–Kier alpha value is -3.52. The Bertz CT molecular complexity index is 1500. The number of carbonyl (C=O) groups excluding carboxylic acids is 4. The maximum absolute atomic E-state index is 14.2. The van der Waals surface area contributed by atoms with Crippen molar-refractivity contribution in [1.82, 2.24) is 19.8 Å². The zero-order valence-corrected chi connectivity index (χ0v) is 25.3. The minimum atomic E-state index is -3.85. The number of nitrogens with zero attached hydrogens (tertiary/aromatic N) is 2. The number of sulfonamides is 1. The molecule has 0 spiro atoms. The van der Waals surface area contributed by atoms with Crippen LogP contribution in [0.1, 0.15) is 68.9 Å². The summed E-state index contributed by atoms with van der Waals surface area (Å²) < 4.78 is 47.4. The summed E-state index contributed by atoms with van der Waals surface area (Å²) in [6.07, 6.45) is 7.30. The van der Waals surface area contributed by atoms with Crippen molar-refractivity contribution in [2.75, 3.05) is 6.54 Å². The van der Waals surface area contributed by atoms with E-state index in [0.717, 1.165) is 25.7 Å². The molecule has 0 aromatic heterocycles. The summed E-state index contributed by atoms with van der Waals surface area (Å²) in [4.78, 5) is 56.7. The summed E-state index contributed by atoms with van der Waals surface area (Å²) in [6.45, 7) is 0.197. The van der Waals surface area contributed by atoms with Crippen LogP contribution in [0.4, 0.5) is 9.18 Å². The maximum atomic E-state index is 14.2. The molecule has 2 saturated carbocycles. The second-order valence-corrected chi connectivity index (χ2v) is 14.7. The predicted octanol–water partition coefficient (Wildman–Crippen LogP) is 0.862. The molecule has 1 aromatic rings. The van der Waals surface area contributed by atoms with Crippen LogP contribution in [0, 0.1) is 11.7 Å². The minimum absolute atomic E-state index is 0.0102. The largest absolute Gasteiger partial charge is 0.444 e. The Morgan fingerprint density at radius 3 is 2.66 bits per heavy atom. The van der Waals surface area contributed by atoms with Gasteiger partial charge < -0.3 is 20.7 Å². The van der Waals surface area contributed by atoms with Crippen molar-refractivity contribution < 1.29 is 42.5 Å². The summed E-state index contributed by atoms with van der Waals surface area (Å²) in [5, 5.41) is 2.19.